The van der Waals surface area contributed by atoms with Gasteiger partial charge < -0.3 is 9.47 Å². The van der Waals surface area contributed by atoms with Gasteiger partial charge in [0, 0.05) is 17.3 Å². The molecule has 0 aliphatic heterocycles. The van der Waals surface area contributed by atoms with Gasteiger partial charge in [-0.1, -0.05) is 50.2 Å². The lowest BCUT2D eigenvalue weighted by Crippen LogP contribution is -2.37. The number of carbonyl (C=O) groups is 2. The molecule has 232 valence electrons. The predicted octanol–water partition coefficient (Wildman–Crippen LogP) is 8.30. The van der Waals surface area contributed by atoms with E-state index in [0.29, 0.717) is 23.0 Å². The molecule has 1 N–H and O–H groups in total. The van der Waals surface area contributed by atoms with Gasteiger partial charge in [0.1, 0.15) is 16.7 Å². The second-order valence-electron chi connectivity index (χ2n) is 12.1. The molecule has 0 aliphatic carbocycles. The number of fused-ring (bicyclic) bond motifs is 2. The Morgan fingerprint density at radius 2 is 1.52 bits per heavy atom. The van der Waals surface area contributed by atoms with Crippen molar-refractivity contribution in [2.45, 2.75) is 80.1 Å². The van der Waals surface area contributed by atoms with Crippen LogP contribution in [0.4, 0.5) is 21.1 Å². The molecule has 0 unspecified atom stereocenters. The lowest BCUT2D eigenvalue weighted by Gasteiger charge is -2.27. The first-order valence-electron chi connectivity index (χ1n) is 14.8. The molecule has 0 aliphatic rings. The molecular formula is C34H42N6O4. The third kappa shape index (κ3) is 7.37. The van der Waals surface area contributed by atoms with Crippen LogP contribution in [0.25, 0.3) is 22.4 Å². The van der Waals surface area contributed by atoms with Gasteiger partial charge >= 0.3 is 12.2 Å². The van der Waals surface area contributed by atoms with E-state index in [0.717, 1.165) is 22.2 Å². The molecule has 3 aromatic heterocycles. The van der Waals surface area contributed by atoms with Gasteiger partial charge in [0.2, 0.25) is 0 Å². The van der Waals surface area contributed by atoms with Crippen LogP contribution in [0.1, 0.15) is 66.6 Å². The number of benzene rings is 2. The molecule has 0 radical (unpaired) electrons. The Hall–Kier alpha value is -4.86. The highest BCUT2D eigenvalue weighted by Crippen LogP contribution is 2.31. The van der Waals surface area contributed by atoms with E-state index in [-0.39, 0.29) is 6.54 Å². The van der Waals surface area contributed by atoms with Crippen molar-refractivity contribution < 1.29 is 19.1 Å². The smallest absolute Gasteiger partial charge is 0.416 e. The van der Waals surface area contributed by atoms with Crippen molar-refractivity contribution in [3.63, 3.8) is 0 Å². The zero-order chi connectivity index (χ0) is 32.2. The van der Waals surface area contributed by atoms with Crippen molar-refractivity contribution in [3.8, 4) is 5.95 Å². The van der Waals surface area contributed by atoms with Crippen LogP contribution in [0.2, 0.25) is 0 Å². The fourth-order valence-electron chi connectivity index (χ4n) is 4.66. The fourth-order valence-corrected chi connectivity index (χ4v) is 4.66. The topological polar surface area (TPSA) is 103 Å². The zero-order valence-electron chi connectivity index (χ0n) is 27.0. The number of hydrogen-bond acceptors (Lipinski definition) is 6. The summed E-state index contributed by atoms with van der Waals surface area (Å²) < 4.78 is 14.9. The summed E-state index contributed by atoms with van der Waals surface area (Å²) >= 11 is 0. The largest absolute Gasteiger partial charge is 0.444 e. The van der Waals surface area contributed by atoms with Crippen molar-refractivity contribution in [2.24, 2.45) is 0 Å². The first-order valence-corrected chi connectivity index (χ1v) is 14.8. The minimum Gasteiger partial charge on any atom is -0.444 e. The van der Waals surface area contributed by atoms with Gasteiger partial charge in [-0.05, 0) is 84.4 Å². The van der Waals surface area contributed by atoms with Crippen LogP contribution in [0.15, 0.2) is 72.9 Å². The van der Waals surface area contributed by atoms with Crippen LogP contribution in [-0.4, -0.2) is 42.6 Å². The highest BCUT2D eigenvalue weighted by molar-refractivity contribution is 6.00. The van der Waals surface area contributed by atoms with Gasteiger partial charge in [0.05, 0.1) is 17.7 Å². The maximum atomic E-state index is 13.6. The predicted molar refractivity (Wildman–Crippen MR) is 175 cm³/mol. The first kappa shape index (κ1) is 32.1. The van der Waals surface area contributed by atoms with E-state index in [2.05, 4.69) is 5.32 Å². The maximum Gasteiger partial charge on any atom is 0.416 e. The molecule has 0 saturated heterocycles. The summed E-state index contributed by atoms with van der Waals surface area (Å²) in [6.45, 7) is 17.2. The van der Waals surface area contributed by atoms with Crippen molar-refractivity contribution in [1.82, 2.24) is 19.2 Å². The van der Waals surface area contributed by atoms with E-state index < -0.39 is 23.4 Å². The molecule has 2 aromatic carbocycles. The molecular weight excluding hydrogens is 556 g/mol. The van der Waals surface area contributed by atoms with E-state index in [1.807, 2.05) is 140 Å². The Balaban J connectivity index is 0.00000216. The number of nitrogens with one attached hydrogen (secondary N) is 1. The Kier molecular flexibility index (Phi) is 9.32. The fraction of sp³-hybridized carbons (Fsp3) is 0.353. The van der Waals surface area contributed by atoms with E-state index in [9.17, 15) is 9.59 Å². The first-order chi connectivity index (χ1) is 20.8. The van der Waals surface area contributed by atoms with E-state index in [4.69, 9.17) is 19.6 Å². The second kappa shape index (κ2) is 12.8. The summed E-state index contributed by atoms with van der Waals surface area (Å²) in [6.07, 6.45) is 0.759. The summed E-state index contributed by atoms with van der Waals surface area (Å²) in [5, 5.41) is 8.45. The van der Waals surface area contributed by atoms with Crippen molar-refractivity contribution in [3.05, 3.63) is 84.2 Å². The number of ether oxygens (including phenoxy) is 2. The van der Waals surface area contributed by atoms with Gasteiger partial charge in [-0.25, -0.2) is 14.1 Å². The average molecular weight is 599 g/mol. The number of hydrogen-bond donors (Lipinski definition) is 1. The molecule has 0 fully saturated rings. The Morgan fingerprint density at radius 1 is 0.864 bits per heavy atom. The average Bonchev–Trinajstić information content (AvgIpc) is 3.55. The van der Waals surface area contributed by atoms with E-state index >= 15 is 0 Å². The molecule has 5 aromatic rings. The number of aryl methyl sites for hydroxylation is 1. The Bertz CT molecular complexity index is 1760. The van der Waals surface area contributed by atoms with Crippen molar-refractivity contribution >= 4 is 40.1 Å². The lowest BCUT2D eigenvalue weighted by molar-refractivity contribution is 0.0574. The van der Waals surface area contributed by atoms with Crippen molar-refractivity contribution in [1.29, 1.82) is 0 Å². The minimum absolute atomic E-state index is 0.252. The summed E-state index contributed by atoms with van der Waals surface area (Å²) in [4.78, 5) is 32.7. The molecule has 0 saturated carbocycles. The number of amides is 2. The van der Waals surface area contributed by atoms with E-state index in [1.165, 1.54) is 4.90 Å². The number of carbonyl (C=O) groups excluding carboxylic acids is 2. The monoisotopic (exact) mass is 598 g/mol. The molecule has 0 bridgehead atoms. The van der Waals surface area contributed by atoms with Crippen LogP contribution >= 0.6 is 0 Å². The molecule has 44 heavy (non-hydrogen) atoms. The second-order valence-corrected chi connectivity index (χ2v) is 12.1. The molecule has 3 heterocycles. The normalized spacial score (nSPS) is 11.6. The molecule has 10 nitrogen and oxygen atoms in total. The van der Waals surface area contributed by atoms with Crippen LogP contribution in [0.3, 0.4) is 0 Å². The molecule has 2 amide bonds. The number of rotatable bonds is 5. The van der Waals surface area contributed by atoms with Crippen molar-refractivity contribution in [2.75, 3.05) is 10.2 Å². The summed E-state index contributed by atoms with van der Waals surface area (Å²) in [7, 11) is 0. The SMILES string of the molecule is CC.Cc1cc2c(NC(=O)OC(C)(C)C)cccc2n1-c1nc(N(Cc2ccccc2)C(=O)OC(C)(C)C)c2cccn2n1. The third-order valence-electron chi connectivity index (χ3n) is 6.28. The van der Waals surface area contributed by atoms with Gasteiger partial charge in [-0.15, -0.1) is 5.10 Å². The standard InChI is InChI=1S/C32H36N6O4.C2H6/c1-21-19-23-24(33-29(39)41-31(2,3)4)15-11-16-25(23)38(21)28-34-27(26-17-12-18-37(26)35-28)36(30(40)42-32(5,6)7)20-22-13-9-8-10-14-22;1-2/h8-19H,20H2,1-7H3,(H,33,39);1-2H3. The van der Waals surface area contributed by atoms with Crippen LogP contribution in [0, 0.1) is 6.92 Å². The summed E-state index contributed by atoms with van der Waals surface area (Å²) in [6, 6.07) is 21.0. The van der Waals surface area contributed by atoms with Crippen LogP contribution in [0.5, 0.6) is 0 Å². The van der Waals surface area contributed by atoms with Crippen LogP contribution in [-0.2, 0) is 16.0 Å². The molecule has 5 rings (SSSR count). The molecule has 10 heteroatoms. The number of aromatic nitrogens is 4. The van der Waals surface area contributed by atoms with E-state index in [1.54, 1.807) is 4.52 Å². The highest BCUT2D eigenvalue weighted by Gasteiger charge is 2.28. The van der Waals surface area contributed by atoms with Crippen LogP contribution < -0.4 is 10.2 Å². The highest BCUT2D eigenvalue weighted by atomic mass is 16.6. The quantitative estimate of drug-likeness (QED) is 0.218. The summed E-state index contributed by atoms with van der Waals surface area (Å²) in [5.74, 6) is 0.768. The van der Waals surface area contributed by atoms with Gasteiger partial charge in [-0.3, -0.25) is 14.8 Å². The third-order valence-corrected chi connectivity index (χ3v) is 6.28. The number of nitrogens with zero attached hydrogens (tertiary/aromatic N) is 5. The van der Waals surface area contributed by atoms with Gasteiger partial charge in [-0.2, -0.15) is 4.98 Å². The molecule has 0 spiro atoms. The minimum atomic E-state index is -0.703. The number of anilines is 2. The van der Waals surface area contributed by atoms with Gasteiger partial charge in [0.15, 0.2) is 5.82 Å². The Labute approximate surface area is 258 Å². The summed E-state index contributed by atoms with van der Waals surface area (Å²) in [5.41, 5.74) is 2.47. The zero-order valence-corrected chi connectivity index (χ0v) is 27.0. The molecule has 0 atom stereocenters. The lowest BCUT2D eigenvalue weighted by atomic mass is 10.2. The maximum absolute atomic E-state index is 13.6. The Morgan fingerprint density at radius 3 is 2.18 bits per heavy atom. The van der Waals surface area contributed by atoms with Gasteiger partial charge in [0.25, 0.3) is 5.95 Å².